The summed E-state index contributed by atoms with van der Waals surface area (Å²) in [4.78, 5) is 46.9. The zero-order valence-electron chi connectivity index (χ0n) is 13.5. The van der Waals surface area contributed by atoms with Gasteiger partial charge in [0.25, 0.3) is 5.56 Å². The molecule has 7 nitrogen and oxygen atoms in total. The molecule has 0 saturated carbocycles. The first-order valence-corrected chi connectivity index (χ1v) is 7.56. The van der Waals surface area contributed by atoms with E-state index >= 15 is 0 Å². The molecule has 0 fully saturated rings. The maximum absolute atomic E-state index is 12.0. The van der Waals surface area contributed by atoms with Crippen LogP contribution in [0.1, 0.15) is 44.3 Å². The fourth-order valence-electron chi connectivity index (χ4n) is 1.94. The van der Waals surface area contributed by atoms with Crippen LogP contribution in [0.5, 0.6) is 0 Å². The lowest BCUT2D eigenvalue weighted by Gasteiger charge is -2.07. The Morgan fingerprint density at radius 3 is 2.52 bits per heavy atom. The van der Waals surface area contributed by atoms with Crippen LogP contribution in [0.2, 0.25) is 0 Å². The predicted molar refractivity (Wildman–Crippen MR) is 85.5 cm³/mol. The van der Waals surface area contributed by atoms with E-state index in [1.54, 1.807) is 13.8 Å². The number of rotatable bonds is 8. The van der Waals surface area contributed by atoms with Crippen molar-refractivity contribution in [1.29, 1.82) is 0 Å². The summed E-state index contributed by atoms with van der Waals surface area (Å²) in [6, 6.07) is 1.21. The molecule has 0 atom stereocenters. The highest BCUT2D eigenvalue weighted by Gasteiger charge is 2.12. The number of nitrogens with zero attached hydrogens (tertiary/aromatic N) is 2. The molecule has 0 N–H and O–H groups in total. The van der Waals surface area contributed by atoms with Crippen molar-refractivity contribution in [2.45, 2.75) is 46.1 Å². The summed E-state index contributed by atoms with van der Waals surface area (Å²) in [5.74, 6) is -0.946. The monoisotopic (exact) mass is 322 g/mol. The Balaban J connectivity index is 2.47. The average molecular weight is 322 g/mol. The molecule has 0 amide bonds. The van der Waals surface area contributed by atoms with E-state index in [1.165, 1.54) is 16.8 Å². The van der Waals surface area contributed by atoms with E-state index in [4.69, 9.17) is 4.74 Å². The highest BCUT2D eigenvalue weighted by atomic mass is 16.5. The van der Waals surface area contributed by atoms with Crippen LogP contribution in [0.3, 0.4) is 0 Å². The number of carbonyl (C=O) groups excluding carboxylic acids is 2. The lowest BCUT2D eigenvalue weighted by molar-refractivity contribution is -0.139. The van der Waals surface area contributed by atoms with Crippen LogP contribution in [-0.4, -0.2) is 27.6 Å². The fourth-order valence-corrected chi connectivity index (χ4v) is 1.94. The molecule has 0 aliphatic heterocycles. The largest absolute Gasteiger partial charge is 0.462 e. The Morgan fingerprint density at radius 1 is 1.22 bits per heavy atom. The smallest absolute Gasteiger partial charge is 0.337 e. The molecule has 1 aromatic rings. The standard InChI is InChI=1S/C16H22N2O5/c1-4-17-10-9-14(20)18(16(17)22)13(19)8-6-5-7-11-23-15(21)12(2)3/h9-10H,2,4-8,11H2,1,3H3. The summed E-state index contributed by atoms with van der Waals surface area (Å²) in [6.07, 6.45) is 3.24. The first kappa shape index (κ1) is 18.6. The van der Waals surface area contributed by atoms with Gasteiger partial charge in [-0.1, -0.05) is 6.58 Å². The van der Waals surface area contributed by atoms with Gasteiger partial charge in [-0.3, -0.25) is 9.59 Å². The molecule has 0 bridgehead atoms. The van der Waals surface area contributed by atoms with Crippen LogP contribution in [-0.2, 0) is 16.1 Å². The summed E-state index contributed by atoms with van der Waals surface area (Å²) in [7, 11) is 0. The first-order chi connectivity index (χ1) is 10.9. The molecule has 1 rings (SSSR count). The predicted octanol–water partition coefficient (Wildman–Crippen LogP) is 1.35. The second-order valence-electron chi connectivity index (χ2n) is 5.18. The van der Waals surface area contributed by atoms with Gasteiger partial charge in [-0.15, -0.1) is 0 Å². The van der Waals surface area contributed by atoms with Gasteiger partial charge in [-0.25, -0.2) is 9.59 Å². The highest BCUT2D eigenvalue weighted by molar-refractivity contribution is 5.86. The topological polar surface area (TPSA) is 87.4 Å². The number of aromatic nitrogens is 2. The number of esters is 1. The van der Waals surface area contributed by atoms with Crippen molar-refractivity contribution < 1.29 is 14.3 Å². The lowest BCUT2D eigenvalue weighted by atomic mass is 10.2. The Bertz CT molecular complexity index is 699. The Kier molecular flexibility index (Phi) is 7.18. The Hall–Kier alpha value is -2.44. The van der Waals surface area contributed by atoms with Crippen LogP contribution in [0, 0.1) is 0 Å². The third-order valence-electron chi connectivity index (χ3n) is 3.26. The van der Waals surface area contributed by atoms with Gasteiger partial charge >= 0.3 is 11.7 Å². The summed E-state index contributed by atoms with van der Waals surface area (Å²) in [6.45, 7) is 7.45. The van der Waals surface area contributed by atoms with Crippen LogP contribution in [0.15, 0.2) is 34.0 Å². The van der Waals surface area contributed by atoms with E-state index in [0.717, 1.165) is 0 Å². The van der Waals surface area contributed by atoms with Crippen molar-refractivity contribution in [3.63, 3.8) is 0 Å². The molecule has 1 aromatic heterocycles. The molecular weight excluding hydrogens is 300 g/mol. The highest BCUT2D eigenvalue weighted by Crippen LogP contribution is 2.02. The fraction of sp³-hybridized carbons (Fsp3) is 0.500. The summed E-state index contributed by atoms with van der Waals surface area (Å²) < 4.78 is 6.90. The van der Waals surface area contributed by atoms with E-state index in [1.807, 2.05) is 0 Å². The van der Waals surface area contributed by atoms with E-state index in [0.29, 0.717) is 35.9 Å². The van der Waals surface area contributed by atoms with E-state index < -0.39 is 23.1 Å². The van der Waals surface area contributed by atoms with Crippen molar-refractivity contribution in [3.05, 3.63) is 45.3 Å². The molecule has 0 unspecified atom stereocenters. The molecular formula is C16H22N2O5. The maximum Gasteiger partial charge on any atom is 0.337 e. The van der Waals surface area contributed by atoms with Gasteiger partial charge in [0.2, 0.25) is 5.91 Å². The zero-order chi connectivity index (χ0) is 17.4. The molecule has 126 valence electrons. The van der Waals surface area contributed by atoms with Gasteiger partial charge in [0.1, 0.15) is 0 Å². The van der Waals surface area contributed by atoms with Crippen molar-refractivity contribution in [3.8, 4) is 0 Å². The van der Waals surface area contributed by atoms with Crippen LogP contribution in [0.4, 0.5) is 0 Å². The van der Waals surface area contributed by atoms with E-state index in [2.05, 4.69) is 6.58 Å². The number of ether oxygens (including phenoxy) is 1. The number of hydrogen-bond acceptors (Lipinski definition) is 5. The quantitative estimate of drug-likeness (QED) is 0.409. The first-order valence-electron chi connectivity index (χ1n) is 7.56. The Labute approximate surface area is 134 Å². The molecule has 7 heteroatoms. The molecule has 23 heavy (non-hydrogen) atoms. The van der Waals surface area contributed by atoms with Crippen LogP contribution in [0.25, 0.3) is 0 Å². The normalized spacial score (nSPS) is 10.3. The van der Waals surface area contributed by atoms with Gasteiger partial charge < -0.3 is 9.30 Å². The maximum atomic E-state index is 12.0. The lowest BCUT2D eigenvalue weighted by Crippen LogP contribution is -2.42. The van der Waals surface area contributed by atoms with Gasteiger partial charge in [0.15, 0.2) is 0 Å². The number of hydrogen-bond donors (Lipinski definition) is 0. The third-order valence-corrected chi connectivity index (χ3v) is 3.26. The van der Waals surface area contributed by atoms with Crippen LogP contribution >= 0.6 is 0 Å². The summed E-state index contributed by atoms with van der Waals surface area (Å²) >= 11 is 0. The average Bonchev–Trinajstić information content (AvgIpc) is 2.50. The molecule has 0 aromatic carbocycles. The van der Waals surface area contributed by atoms with Crippen molar-refractivity contribution in [1.82, 2.24) is 9.13 Å². The van der Waals surface area contributed by atoms with Crippen molar-refractivity contribution in [2.24, 2.45) is 0 Å². The SMILES string of the molecule is C=C(C)C(=O)OCCCCCC(=O)n1c(=O)ccn(CC)c1=O. The van der Waals surface area contributed by atoms with Crippen molar-refractivity contribution >= 4 is 11.9 Å². The number of carbonyl (C=O) groups is 2. The second kappa shape index (κ2) is 8.87. The van der Waals surface area contributed by atoms with Gasteiger partial charge in [-0.2, -0.15) is 4.57 Å². The van der Waals surface area contributed by atoms with E-state index in [-0.39, 0.29) is 13.0 Å². The van der Waals surface area contributed by atoms with Gasteiger partial charge in [0, 0.05) is 30.8 Å². The molecule has 0 aliphatic carbocycles. The van der Waals surface area contributed by atoms with Gasteiger partial charge in [0.05, 0.1) is 6.61 Å². The van der Waals surface area contributed by atoms with Crippen molar-refractivity contribution in [2.75, 3.05) is 6.61 Å². The summed E-state index contributed by atoms with van der Waals surface area (Å²) in [5.41, 5.74) is -0.878. The minimum Gasteiger partial charge on any atom is -0.462 e. The number of unbranched alkanes of at least 4 members (excludes halogenated alkanes) is 2. The molecule has 0 radical (unpaired) electrons. The molecule has 0 saturated heterocycles. The molecule has 0 aliphatic rings. The second-order valence-corrected chi connectivity index (χ2v) is 5.18. The van der Waals surface area contributed by atoms with Gasteiger partial charge in [-0.05, 0) is 33.1 Å². The zero-order valence-corrected chi connectivity index (χ0v) is 13.5. The molecule has 0 spiro atoms. The molecule has 1 heterocycles. The minimum absolute atomic E-state index is 0.0946. The third kappa shape index (κ3) is 5.36. The Morgan fingerprint density at radius 2 is 1.91 bits per heavy atom. The van der Waals surface area contributed by atoms with E-state index in [9.17, 15) is 19.2 Å². The summed E-state index contributed by atoms with van der Waals surface area (Å²) in [5, 5.41) is 0. The minimum atomic E-state index is -0.611. The van der Waals surface area contributed by atoms with Crippen LogP contribution < -0.4 is 11.2 Å². The number of aryl methyl sites for hydroxylation is 1.